The van der Waals surface area contributed by atoms with Gasteiger partial charge in [-0.3, -0.25) is 4.79 Å². The van der Waals surface area contributed by atoms with Crippen LogP contribution in [0.1, 0.15) is 6.42 Å². The summed E-state index contributed by atoms with van der Waals surface area (Å²) in [4.78, 5) is 10.2. The Balaban J connectivity index is 5.64. The van der Waals surface area contributed by atoms with Gasteiger partial charge in [0.15, 0.2) is 9.84 Å². The number of halogens is 13. The number of sulfone groups is 1. The number of nitrogens with one attached hydrogen (secondary N) is 1. The summed E-state index contributed by atoms with van der Waals surface area (Å²) in [6.45, 7) is -1.64. The van der Waals surface area contributed by atoms with E-state index in [0.717, 1.165) is 0 Å². The van der Waals surface area contributed by atoms with Crippen LogP contribution >= 0.6 is 0 Å². The number of aliphatic carboxylic acids is 1. The highest BCUT2D eigenvalue weighted by atomic mass is 32.2. The molecule has 20 heteroatoms. The first-order valence-electron chi connectivity index (χ1n) is 8.03. The van der Waals surface area contributed by atoms with E-state index in [1.165, 1.54) is 0 Å². The van der Waals surface area contributed by atoms with Crippen LogP contribution in [0.4, 0.5) is 57.1 Å². The highest BCUT2D eigenvalue weighted by molar-refractivity contribution is 7.91. The van der Waals surface area contributed by atoms with E-state index in [-0.39, 0.29) is 0 Å². The fraction of sp³-hybridized carbons (Fsp3) is 0.923. The van der Waals surface area contributed by atoms with Gasteiger partial charge in [-0.05, 0) is 0 Å². The summed E-state index contributed by atoms with van der Waals surface area (Å²) in [6.07, 6.45) is -12.6. The van der Waals surface area contributed by atoms with Crippen LogP contribution in [0.25, 0.3) is 0 Å². The SMILES string of the molecule is O=C(O)CNCC(O)CS(=O)(=O)CCC(F)(F)C(F)(F)C(F)(F)C(F)(F)C(F)(F)C(F)(F)F. The lowest BCUT2D eigenvalue weighted by atomic mass is 9.93. The molecule has 3 N–H and O–H groups in total. The molecule has 0 rings (SSSR count). The van der Waals surface area contributed by atoms with E-state index in [2.05, 4.69) is 0 Å². The number of alkyl halides is 13. The van der Waals surface area contributed by atoms with Crippen molar-refractivity contribution in [3.8, 4) is 0 Å². The van der Waals surface area contributed by atoms with Crippen molar-refractivity contribution in [1.82, 2.24) is 5.32 Å². The molecule has 0 bridgehead atoms. The number of carbonyl (C=O) groups is 1. The van der Waals surface area contributed by atoms with Gasteiger partial charge in [0, 0.05) is 13.0 Å². The Kier molecular flexibility index (Phi) is 9.13. The third kappa shape index (κ3) is 6.52. The summed E-state index contributed by atoms with van der Waals surface area (Å²) in [7, 11) is -5.07. The van der Waals surface area contributed by atoms with Crippen molar-refractivity contribution in [3.63, 3.8) is 0 Å². The van der Waals surface area contributed by atoms with Gasteiger partial charge < -0.3 is 15.5 Å². The van der Waals surface area contributed by atoms with E-state index in [9.17, 15) is 75.4 Å². The molecule has 0 aromatic rings. The predicted molar refractivity (Wildman–Crippen MR) is 80.6 cm³/mol. The maximum Gasteiger partial charge on any atom is 0.460 e. The minimum absolute atomic E-state index is 0.811. The van der Waals surface area contributed by atoms with Crippen molar-refractivity contribution < 1.29 is 80.5 Å². The molecule has 0 aliphatic rings. The highest BCUT2D eigenvalue weighted by Gasteiger charge is 2.90. The van der Waals surface area contributed by atoms with Crippen molar-refractivity contribution in [2.75, 3.05) is 24.6 Å². The van der Waals surface area contributed by atoms with Gasteiger partial charge >= 0.3 is 41.8 Å². The van der Waals surface area contributed by atoms with Crippen LogP contribution in [0.15, 0.2) is 0 Å². The van der Waals surface area contributed by atoms with Crippen LogP contribution in [0.2, 0.25) is 0 Å². The van der Waals surface area contributed by atoms with Gasteiger partial charge in [-0.25, -0.2) is 8.42 Å². The van der Waals surface area contributed by atoms with Gasteiger partial charge in [0.1, 0.15) is 0 Å². The first-order valence-corrected chi connectivity index (χ1v) is 9.86. The zero-order chi connectivity index (χ0) is 26.9. The largest absolute Gasteiger partial charge is 0.480 e. The molecule has 0 spiro atoms. The van der Waals surface area contributed by atoms with E-state index >= 15 is 0 Å². The third-order valence-corrected chi connectivity index (χ3v) is 5.55. The number of carboxylic acids is 1. The van der Waals surface area contributed by atoms with Gasteiger partial charge in [-0.2, -0.15) is 57.1 Å². The lowest BCUT2D eigenvalue weighted by molar-refractivity contribution is -0.439. The second kappa shape index (κ2) is 9.59. The fourth-order valence-electron chi connectivity index (χ4n) is 2.02. The van der Waals surface area contributed by atoms with Crippen molar-refractivity contribution in [2.24, 2.45) is 0 Å². The Morgan fingerprint density at radius 1 is 0.788 bits per heavy atom. The maximum atomic E-state index is 13.6. The normalized spacial score (nSPS) is 16.1. The number of aliphatic hydroxyl groups excluding tert-OH is 1. The zero-order valence-electron chi connectivity index (χ0n) is 15.6. The van der Waals surface area contributed by atoms with E-state index in [0.29, 0.717) is 0 Å². The Morgan fingerprint density at radius 2 is 1.21 bits per heavy atom. The smallest absolute Gasteiger partial charge is 0.460 e. The molecule has 0 heterocycles. The third-order valence-electron chi connectivity index (χ3n) is 3.83. The predicted octanol–water partition coefficient (Wildman–Crippen LogP) is 2.57. The molecule has 0 aromatic heterocycles. The Bertz CT molecular complexity index is 797. The van der Waals surface area contributed by atoms with Gasteiger partial charge in [-0.1, -0.05) is 0 Å². The van der Waals surface area contributed by atoms with Crippen LogP contribution in [0.5, 0.6) is 0 Å². The monoisotopic (exact) mass is 543 g/mol. The molecule has 1 unspecified atom stereocenters. The van der Waals surface area contributed by atoms with Crippen molar-refractivity contribution in [2.45, 2.75) is 48.3 Å². The van der Waals surface area contributed by atoms with E-state index < -0.39 is 88.7 Å². The molecule has 6 nitrogen and oxygen atoms in total. The van der Waals surface area contributed by atoms with Crippen LogP contribution in [0, 0.1) is 0 Å². The number of aliphatic hydroxyl groups is 1. The molecule has 0 aliphatic heterocycles. The molecule has 0 amide bonds. The summed E-state index contributed by atoms with van der Waals surface area (Å²) < 4.78 is 191. The van der Waals surface area contributed by atoms with E-state index in [1.807, 2.05) is 5.32 Å². The zero-order valence-corrected chi connectivity index (χ0v) is 16.4. The molecule has 0 radical (unpaired) electrons. The second-order valence-corrected chi connectivity index (χ2v) is 8.77. The molecule has 0 saturated carbocycles. The first kappa shape index (κ1) is 31.4. The highest BCUT2D eigenvalue weighted by Crippen LogP contribution is 2.60. The van der Waals surface area contributed by atoms with Gasteiger partial charge in [0.05, 0.1) is 24.2 Å². The lowest BCUT2D eigenvalue weighted by Gasteiger charge is -2.39. The van der Waals surface area contributed by atoms with E-state index in [4.69, 9.17) is 5.11 Å². The summed E-state index contributed by atoms with van der Waals surface area (Å²) in [6, 6.07) is 0. The average Bonchev–Trinajstić information content (AvgIpc) is 2.57. The maximum absolute atomic E-state index is 13.6. The van der Waals surface area contributed by atoms with Crippen LogP contribution in [0.3, 0.4) is 0 Å². The van der Waals surface area contributed by atoms with Crippen molar-refractivity contribution >= 4 is 15.8 Å². The molecule has 0 aliphatic carbocycles. The minimum atomic E-state index is -8.09. The number of carboxylic acid groups (broad SMARTS) is 1. The van der Waals surface area contributed by atoms with Crippen molar-refractivity contribution in [1.29, 1.82) is 0 Å². The molecule has 198 valence electrons. The second-order valence-electron chi connectivity index (χ2n) is 6.54. The Hall–Kier alpha value is -1.57. The molecule has 0 aromatic carbocycles. The summed E-state index contributed by atoms with van der Waals surface area (Å²) >= 11 is 0. The molecule has 1 atom stereocenters. The van der Waals surface area contributed by atoms with Crippen LogP contribution < -0.4 is 5.32 Å². The van der Waals surface area contributed by atoms with Gasteiger partial charge in [-0.15, -0.1) is 0 Å². The lowest BCUT2D eigenvalue weighted by Crippen LogP contribution is -2.70. The number of hydrogen-bond donors (Lipinski definition) is 3. The standard InChI is InChI=1S/C13H14F13NO5S/c14-8(15,1-2-33(31,32)5-6(28)3-27-4-7(29)30)9(16,17)10(18,19)11(20,21)12(22,23)13(24,25)26/h6,27-28H,1-5H2,(H,29,30). The van der Waals surface area contributed by atoms with Gasteiger partial charge in [0.25, 0.3) is 0 Å². The Labute approximate surface area is 175 Å². The minimum Gasteiger partial charge on any atom is -0.480 e. The summed E-state index contributed by atoms with van der Waals surface area (Å²) in [5.41, 5.74) is 0. The fourth-order valence-corrected chi connectivity index (χ4v) is 3.46. The van der Waals surface area contributed by atoms with Crippen LogP contribution in [-0.2, 0) is 14.6 Å². The molecule has 0 fully saturated rings. The molecule has 0 saturated heterocycles. The molecular formula is C13H14F13NO5S. The summed E-state index contributed by atoms with van der Waals surface area (Å²) in [5.74, 6) is -43.4. The van der Waals surface area contributed by atoms with Crippen LogP contribution in [-0.4, -0.2) is 91.1 Å². The molecular weight excluding hydrogens is 529 g/mol. The van der Waals surface area contributed by atoms with Gasteiger partial charge in [0.2, 0.25) is 0 Å². The number of hydrogen-bond acceptors (Lipinski definition) is 5. The summed E-state index contributed by atoms with van der Waals surface area (Å²) in [5, 5.41) is 19.5. The number of rotatable bonds is 13. The Morgan fingerprint density at radius 3 is 1.61 bits per heavy atom. The first-order chi connectivity index (χ1) is 14.3. The van der Waals surface area contributed by atoms with Crippen molar-refractivity contribution in [3.05, 3.63) is 0 Å². The molecule has 33 heavy (non-hydrogen) atoms. The quantitative estimate of drug-likeness (QED) is 0.309. The van der Waals surface area contributed by atoms with E-state index in [1.54, 1.807) is 0 Å². The average molecular weight is 543 g/mol. The topological polar surface area (TPSA) is 104 Å².